The van der Waals surface area contributed by atoms with Gasteiger partial charge in [0.25, 0.3) is 0 Å². The molecule has 1 aromatic rings. The molecule has 0 aromatic heterocycles. The molecule has 0 saturated heterocycles. The first-order valence-electron chi connectivity index (χ1n) is 4.72. The molecule has 1 aliphatic carbocycles. The maximum atomic E-state index is 9.49. The number of aromatic hydroxyl groups is 1. The maximum Gasteiger partial charge on any atom is 0.120 e. The molecule has 0 amide bonds. The Morgan fingerprint density at radius 3 is 2.69 bits per heavy atom. The number of phenols is 1. The molecule has 0 atom stereocenters. The van der Waals surface area contributed by atoms with Crippen molar-refractivity contribution >= 4 is 0 Å². The first kappa shape index (κ1) is 8.57. The summed E-state index contributed by atoms with van der Waals surface area (Å²) in [5.74, 6) is 0.388. The molecule has 1 aliphatic rings. The second-order valence-corrected chi connectivity index (χ2v) is 4.04. The van der Waals surface area contributed by atoms with Crippen molar-refractivity contribution in [2.75, 3.05) is 0 Å². The van der Waals surface area contributed by atoms with E-state index in [2.05, 4.69) is 12.2 Å². The quantitative estimate of drug-likeness (QED) is 0.740. The predicted molar refractivity (Wildman–Crippen MR) is 52.6 cm³/mol. The van der Waals surface area contributed by atoms with Gasteiger partial charge in [0, 0.05) is 17.6 Å². The molecular formula is C11H15NO. The number of para-hydroxylation sites is 1. The first-order valence-corrected chi connectivity index (χ1v) is 4.72. The lowest BCUT2D eigenvalue weighted by atomic mass is 10.2. The van der Waals surface area contributed by atoms with Gasteiger partial charge < -0.3 is 10.4 Å². The molecule has 13 heavy (non-hydrogen) atoms. The Morgan fingerprint density at radius 1 is 1.38 bits per heavy atom. The standard InChI is InChI=1S/C11H15NO/c1-11(6-7-11)12-8-9-4-2-3-5-10(9)13/h2-5,12-13H,6-8H2,1H3. The van der Waals surface area contributed by atoms with E-state index in [4.69, 9.17) is 0 Å². The summed E-state index contributed by atoms with van der Waals surface area (Å²) in [6.07, 6.45) is 2.50. The number of nitrogens with one attached hydrogen (secondary N) is 1. The average molecular weight is 177 g/mol. The summed E-state index contributed by atoms with van der Waals surface area (Å²) in [5.41, 5.74) is 1.32. The van der Waals surface area contributed by atoms with Gasteiger partial charge in [-0.2, -0.15) is 0 Å². The molecule has 1 fully saturated rings. The van der Waals surface area contributed by atoms with Crippen LogP contribution in [0.3, 0.4) is 0 Å². The summed E-state index contributed by atoms with van der Waals surface area (Å²) in [6, 6.07) is 7.48. The van der Waals surface area contributed by atoms with E-state index < -0.39 is 0 Å². The van der Waals surface area contributed by atoms with E-state index >= 15 is 0 Å². The van der Waals surface area contributed by atoms with Gasteiger partial charge >= 0.3 is 0 Å². The average Bonchev–Trinajstić information content (AvgIpc) is 2.83. The van der Waals surface area contributed by atoms with Crippen molar-refractivity contribution in [3.63, 3.8) is 0 Å². The fraction of sp³-hybridized carbons (Fsp3) is 0.455. The third kappa shape index (κ3) is 2.01. The summed E-state index contributed by atoms with van der Waals surface area (Å²) in [7, 11) is 0. The Bertz CT molecular complexity index is 305. The predicted octanol–water partition coefficient (Wildman–Crippen LogP) is 2.03. The highest BCUT2D eigenvalue weighted by Crippen LogP contribution is 2.34. The molecule has 0 radical (unpaired) electrons. The van der Waals surface area contributed by atoms with Crippen molar-refractivity contribution in [1.29, 1.82) is 0 Å². The zero-order valence-electron chi connectivity index (χ0n) is 7.88. The second-order valence-electron chi connectivity index (χ2n) is 4.04. The molecule has 70 valence electrons. The highest BCUT2D eigenvalue weighted by atomic mass is 16.3. The molecular weight excluding hydrogens is 162 g/mol. The molecule has 1 saturated carbocycles. The fourth-order valence-electron chi connectivity index (χ4n) is 1.33. The van der Waals surface area contributed by atoms with Crippen LogP contribution in [0, 0.1) is 0 Å². The van der Waals surface area contributed by atoms with E-state index in [0.717, 1.165) is 12.1 Å². The van der Waals surface area contributed by atoms with Gasteiger partial charge in [0.15, 0.2) is 0 Å². The second kappa shape index (κ2) is 3.04. The lowest BCUT2D eigenvalue weighted by Crippen LogP contribution is -2.26. The highest BCUT2D eigenvalue weighted by Gasteiger charge is 2.36. The monoisotopic (exact) mass is 177 g/mol. The van der Waals surface area contributed by atoms with Gasteiger partial charge in [-0.25, -0.2) is 0 Å². The normalized spacial score (nSPS) is 18.5. The smallest absolute Gasteiger partial charge is 0.120 e. The van der Waals surface area contributed by atoms with Crippen LogP contribution >= 0.6 is 0 Å². The van der Waals surface area contributed by atoms with Gasteiger partial charge in [-0.1, -0.05) is 18.2 Å². The van der Waals surface area contributed by atoms with E-state index in [9.17, 15) is 5.11 Å². The van der Waals surface area contributed by atoms with Crippen molar-refractivity contribution in [2.45, 2.75) is 31.8 Å². The van der Waals surface area contributed by atoms with E-state index in [0.29, 0.717) is 11.3 Å². The largest absolute Gasteiger partial charge is 0.508 e. The minimum Gasteiger partial charge on any atom is -0.508 e. The molecule has 1 aromatic carbocycles. The molecule has 2 rings (SSSR count). The van der Waals surface area contributed by atoms with Crippen molar-refractivity contribution in [2.24, 2.45) is 0 Å². The maximum absolute atomic E-state index is 9.49. The van der Waals surface area contributed by atoms with Crippen LogP contribution in [-0.2, 0) is 6.54 Å². The summed E-state index contributed by atoms with van der Waals surface area (Å²) < 4.78 is 0. The lowest BCUT2D eigenvalue weighted by Gasteiger charge is -2.11. The molecule has 0 unspecified atom stereocenters. The van der Waals surface area contributed by atoms with Gasteiger partial charge in [0.1, 0.15) is 5.75 Å². The zero-order chi connectivity index (χ0) is 9.31. The van der Waals surface area contributed by atoms with Crippen LogP contribution in [0.2, 0.25) is 0 Å². The highest BCUT2D eigenvalue weighted by molar-refractivity contribution is 5.31. The summed E-state index contributed by atoms with van der Waals surface area (Å²) >= 11 is 0. The van der Waals surface area contributed by atoms with Gasteiger partial charge in [0.05, 0.1) is 0 Å². The first-order chi connectivity index (χ1) is 6.20. The van der Waals surface area contributed by atoms with Gasteiger partial charge in [-0.05, 0) is 25.8 Å². The zero-order valence-corrected chi connectivity index (χ0v) is 7.88. The van der Waals surface area contributed by atoms with Crippen molar-refractivity contribution in [1.82, 2.24) is 5.32 Å². The van der Waals surface area contributed by atoms with Gasteiger partial charge in [-0.15, -0.1) is 0 Å². The van der Waals surface area contributed by atoms with Crippen molar-refractivity contribution in [3.8, 4) is 5.75 Å². The van der Waals surface area contributed by atoms with Crippen LogP contribution in [0.5, 0.6) is 5.75 Å². The Kier molecular flexibility index (Phi) is 2.00. The molecule has 2 heteroatoms. The summed E-state index contributed by atoms with van der Waals surface area (Å²) in [6.45, 7) is 2.98. The van der Waals surface area contributed by atoms with Gasteiger partial charge in [0.2, 0.25) is 0 Å². The van der Waals surface area contributed by atoms with Crippen LogP contribution in [0.15, 0.2) is 24.3 Å². The summed E-state index contributed by atoms with van der Waals surface area (Å²) in [4.78, 5) is 0. The van der Waals surface area contributed by atoms with E-state index in [1.165, 1.54) is 12.8 Å². The minimum absolute atomic E-state index is 0.336. The van der Waals surface area contributed by atoms with Crippen LogP contribution in [0.1, 0.15) is 25.3 Å². The Labute approximate surface area is 78.6 Å². The number of hydrogen-bond donors (Lipinski definition) is 2. The fourth-order valence-corrected chi connectivity index (χ4v) is 1.33. The molecule has 0 spiro atoms. The van der Waals surface area contributed by atoms with Crippen molar-refractivity contribution < 1.29 is 5.11 Å². The SMILES string of the molecule is CC1(NCc2ccccc2O)CC1. The van der Waals surface area contributed by atoms with Crippen LogP contribution < -0.4 is 5.32 Å². The van der Waals surface area contributed by atoms with E-state index in [-0.39, 0.29) is 0 Å². The topological polar surface area (TPSA) is 32.3 Å². The molecule has 2 N–H and O–H groups in total. The van der Waals surface area contributed by atoms with Crippen LogP contribution in [0.4, 0.5) is 0 Å². The third-order valence-corrected chi connectivity index (χ3v) is 2.70. The van der Waals surface area contributed by atoms with Crippen LogP contribution in [0.25, 0.3) is 0 Å². The minimum atomic E-state index is 0.336. The van der Waals surface area contributed by atoms with Crippen LogP contribution in [-0.4, -0.2) is 10.6 Å². The van der Waals surface area contributed by atoms with Crippen molar-refractivity contribution in [3.05, 3.63) is 29.8 Å². The van der Waals surface area contributed by atoms with Gasteiger partial charge in [-0.3, -0.25) is 0 Å². The number of phenolic OH excluding ortho intramolecular Hbond substituents is 1. The Balaban J connectivity index is 1.97. The lowest BCUT2D eigenvalue weighted by molar-refractivity contribution is 0.457. The molecule has 0 aliphatic heterocycles. The van der Waals surface area contributed by atoms with E-state index in [1.54, 1.807) is 6.07 Å². The summed E-state index contributed by atoms with van der Waals surface area (Å²) in [5, 5.41) is 12.9. The Hall–Kier alpha value is -1.02. The molecule has 0 heterocycles. The number of rotatable bonds is 3. The number of benzene rings is 1. The Morgan fingerprint density at radius 2 is 2.08 bits per heavy atom. The molecule has 0 bridgehead atoms. The van der Waals surface area contributed by atoms with E-state index in [1.807, 2.05) is 18.2 Å². The molecule has 2 nitrogen and oxygen atoms in total. The number of hydrogen-bond acceptors (Lipinski definition) is 2. The third-order valence-electron chi connectivity index (χ3n) is 2.70.